The Hall–Kier alpha value is -2.54. The Morgan fingerprint density at radius 3 is 2.75 bits per heavy atom. The van der Waals surface area contributed by atoms with Crippen LogP contribution in [0.2, 0.25) is 0 Å². The smallest absolute Gasteiger partial charge is 0.234 e. The van der Waals surface area contributed by atoms with Crippen LogP contribution in [0, 0.1) is 13.8 Å². The summed E-state index contributed by atoms with van der Waals surface area (Å²) in [5.74, 6) is 1.02. The molecule has 0 spiro atoms. The monoisotopic (exact) mass is 342 g/mol. The summed E-state index contributed by atoms with van der Waals surface area (Å²) in [5, 5.41) is 11.6. The minimum absolute atomic E-state index is 0.0649. The number of furan rings is 1. The second-order valence-corrected chi connectivity index (χ2v) is 6.37. The molecule has 6 nitrogen and oxygen atoms in total. The van der Waals surface area contributed by atoms with Gasteiger partial charge in [0.2, 0.25) is 5.91 Å². The van der Waals surface area contributed by atoms with E-state index >= 15 is 0 Å². The first-order valence-corrected chi connectivity index (χ1v) is 8.51. The van der Waals surface area contributed by atoms with Gasteiger partial charge in [-0.1, -0.05) is 30.0 Å². The van der Waals surface area contributed by atoms with Crippen molar-refractivity contribution in [2.24, 2.45) is 0 Å². The molecular formula is C17H18N4O2S. The number of benzene rings is 1. The lowest BCUT2D eigenvalue weighted by molar-refractivity contribution is -0.113. The van der Waals surface area contributed by atoms with Crippen LogP contribution in [0.4, 0.5) is 5.69 Å². The fraction of sp³-hybridized carbons (Fsp3) is 0.235. The number of para-hydroxylation sites is 1. The maximum absolute atomic E-state index is 12.2. The van der Waals surface area contributed by atoms with Crippen LogP contribution in [-0.4, -0.2) is 26.4 Å². The van der Waals surface area contributed by atoms with Crippen LogP contribution in [-0.2, 0) is 11.3 Å². The second kappa shape index (κ2) is 7.35. The number of nitrogens with zero attached hydrogens (tertiary/aromatic N) is 3. The quantitative estimate of drug-likeness (QED) is 0.696. The number of hydrogen-bond acceptors (Lipinski definition) is 5. The molecule has 0 saturated carbocycles. The van der Waals surface area contributed by atoms with Crippen LogP contribution < -0.4 is 5.32 Å². The maximum atomic E-state index is 12.2. The number of thioether (sulfide) groups is 1. The summed E-state index contributed by atoms with van der Waals surface area (Å²) in [4.78, 5) is 12.2. The Morgan fingerprint density at radius 1 is 1.25 bits per heavy atom. The molecule has 124 valence electrons. The van der Waals surface area contributed by atoms with Crippen LogP contribution in [0.1, 0.15) is 16.9 Å². The van der Waals surface area contributed by atoms with E-state index in [0.29, 0.717) is 11.7 Å². The molecule has 2 aromatic heterocycles. The Bertz CT molecular complexity index is 807. The third-order valence-electron chi connectivity index (χ3n) is 3.56. The third-order valence-corrected chi connectivity index (χ3v) is 4.55. The van der Waals surface area contributed by atoms with Crippen molar-refractivity contribution >= 4 is 23.4 Å². The molecule has 7 heteroatoms. The van der Waals surface area contributed by atoms with Crippen LogP contribution in [0.15, 0.2) is 52.5 Å². The van der Waals surface area contributed by atoms with Gasteiger partial charge >= 0.3 is 0 Å². The molecule has 3 aromatic rings. The number of nitrogens with one attached hydrogen (secondary N) is 1. The van der Waals surface area contributed by atoms with Gasteiger partial charge in [-0.05, 0) is 37.1 Å². The van der Waals surface area contributed by atoms with Crippen molar-refractivity contribution in [3.05, 3.63) is 59.8 Å². The van der Waals surface area contributed by atoms with E-state index in [1.165, 1.54) is 11.8 Å². The van der Waals surface area contributed by atoms with E-state index in [4.69, 9.17) is 4.42 Å². The molecule has 0 aliphatic carbocycles. The van der Waals surface area contributed by atoms with E-state index in [0.717, 1.165) is 22.6 Å². The number of aromatic nitrogens is 3. The van der Waals surface area contributed by atoms with E-state index in [2.05, 4.69) is 15.5 Å². The van der Waals surface area contributed by atoms with Crippen LogP contribution in [0.5, 0.6) is 0 Å². The average molecular weight is 342 g/mol. The largest absolute Gasteiger partial charge is 0.467 e. The molecule has 1 aromatic carbocycles. The molecular weight excluding hydrogens is 324 g/mol. The predicted octanol–water partition coefficient (Wildman–Crippen LogP) is 3.27. The van der Waals surface area contributed by atoms with Crippen LogP contribution in [0.25, 0.3) is 0 Å². The lowest BCUT2D eigenvalue weighted by atomic mass is 10.1. The molecule has 0 fully saturated rings. The average Bonchev–Trinajstić information content (AvgIpc) is 3.21. The van der Waals surface area contributed by atoms with Crippen molar-refractivity contribution in [3.63, 3.8) is 0 Å². The molecule has 0 atom stereocenters. The van der Waals surface area contributed by atoms with Gasteiger partial charge < -0.3 is 14.3 Å². The molecule has 1 N–H and O–H groups in total. The lowest BCUT2D eigenvalue weighted by Crippen LogP contribution is -2.16. The Balaban J connectivity index is 1.60. The number of anilines is 1. The van der Waals surface area contributed by atoms with Gasteiger partial charge in [-0.3, -0.25) is 4.79 Å². The fourth-order valence-corrected chi connectivity index (χ4v) is 3.07. The highest BCUT2D eigenvalue weighted by atomic mass is 32.2. The van der Waals surface area contributed by atoms with E-state index in [-0.39, 0.29) is 11.7 Å². The van der Waals surface area contributed by atoms with Crippen LogP contribution >= 0.6 is 11.8 Å². The van der Waals surface area contributed by atoms with Gasteiger partial charge in [-0.25, -0.2) is 0 Å². The highest BCUT2D eigenvalue weighted by Crippen LogP contribution is 2.21. The lowest BCUT2D eigenvalue weighted by Gasteiger charge is -2.11. The van der Waals surface area contributed by atoms with E-state index in [1.807, 2.05) is 48.7 Å². The fourth-order valence-electron chi connectivity index (χ4n) is 2.35. The van der Waals surface area contributed by atoms with Crippen molar-refractivity contribution < 1.29 is 9.21 Å². The second-order valence-electron chi connectivity index (χ2n) is 5.42. The van der Waals surface area contributed by atoms with Gasteiger partial charge in [0.25, 0.3) is 0 Å². The van der Waals surface area contributed by atoms with E-state index in [1.54, 1.807) is 12.6 Å². The van der Waals surface area contributed by atoms with Gasteiger partial charge in [-0.15, -0.1) is 10.2 Å². The van der Waals surface area contributed by atoms with Crippen molar-refractivity contribution in [1.82, 2.24) is 14.8 Å². The zero-order chi connectivity index (χ0) is 16.9. The first-order valence-electron chi connectivity index (χ1n) is 7.52. The molecule has 0 aliphatic heterocycles. The zero-order valence-corrected chi connectivity index (χ0v) is 14.3. The topological polar surface area (TPSA) is 73.0 Å². The SMILES string of the molecule is Cc1cccc(C)c1NC(=O)CSc1nncn1Cc1ccco1. The van der Waals surface area contributed by atoms with E-state index < -0.39 is 0 Å². The van der Waals surface area contributed by atoms with Gasteiger partial charge in [0.15, 0.2) is 5.16 Å². The number of rotatable bonds is 6. The van der Waals surface area contributed by atoms with Gasteiger partial charge in [0.1, 0.15) is 12.1 Å². The molecule has 0 aliphatic rings. The summed E-state index contributed by atoms with van der Waals surface area (Å²) in [7, 11) is 0. The zero-order valence-electron chi connectivity index (χ0n) is 13.5. The summed E-state index contributed by atoms with van der Waals surface area (Å²) in [5.41, 5.74) is 2.98. The van der Waals surface area contributed by atoms with Crippen molar-refractivity contribution in [2.75, 3.05) is 11.1 Å². The van der Waals surface area contributed by atoms with Crippen LogP contribution in [0.3, 0.4) is 0 Å². The highest BCUT2D eigenvalue weighted by molar-refractivity contribution is 7.99. The van der Waals surface area contributed by atoms with Gasteiger partial charge in [0.05, 0.1) is 18.6 Å². The number of carbonyl (C=O) groups is 1. The predicted molar refractivity (Wildman–Crippen MR) is 93.1 cm³/mol. The first kappa shape index (κ1) is 16.3. The molecule has 0 unspecified atom stereocenters. The maximum Gasteiger partial charge on any atom is 0.234 e. The summed E-state index contributed by atoms with van der Waals surface area (Å²) >= 11 is 1.35. The molecule has 3 rings (SSSR count). The number of aryl methyl sites for hydroxylation is 2. The normalized spacial score (nSPS) is 10.8. The third kappa shape index (κ3) is 3.86. The summed E-state index contributed by atoms with van der Waals surface area (Å²) in [6.07, 6.45) is 3.26. The van der Waals surface area contributed by atoms with Crippen molar-refractivity contribution in [1.29, 1.82) is 0 Å². The van der Waals surface area contributed by atoms with Crippen molar-refractivity contribution in [3.8, 4) is 0 Å². The minimum atomic E-state index is -0.0649. The van der Waals surface area contributed by atoms with Gasteiger partial charge in [-0.2, -0.15) is 0 Å². The Labute approximate surface area is 144 Å². The summed E-state index contributed by atoms with van der Waals surface area (Å²) in [6.45, 7) is 4.51. The Kier molecular flexibility index (Phi) is 5.00. The molecule has 0 radical (unpaired) electrons. The summed E-state index contributed by atoms with van der Waals surface area (Å²) in [6, 6.07) is 9.67. The molecule has 1 amide bonds. The standard InChI is InChI=1S/C17H18N4O2S/c1-12-5-3-6-13(2)16(12)19-15(22)10-24-17-20-18-11-21(17)9-14-7-4-8-23-14/h3-8,11H,9-10H2,1-2H3,(H,19,22). The molecule has 0 saturated heterocycles. The molecule has 0 bridgehead atoms. The molecule has 2 heterocycles. The van der Waals surface area contributed by atoms with E-state index in [9.17, 15) is 4.79 Å². The van der Waals surface area contributed by atoms with Crippen molar-refractivity contribution in [2.45, 2.75) is 25.5 Å². The van der Waals surface area contributed by atoms with Gasteiger partial charge in [0, 0.05) is 5.69 Å². The Morgan fingerprint density at radius 2 is 2.04 bits per heavy atom. The minimum Gasteiger partial charge on any atom is -0.467 e. The highest BCUT2D eigenvalue weighted by Gasteiger charge is 2.12. The summed E-state index contributed by atoms with van der Waals surface area (Å²) < 4.78 is 7.18. The number of carbonyl (C=O) groups excluding carboxylic acids is 1. The number of hydrogen-bond donors (Lipinski definition) is 1. The molecule has 24 heavy (non-hydrogen) atoms. The number of amides is 1. The first-order chi connectivity index (χ1) is 11.6.